The van der Waals surface area contributed by atoms with Crippen LogP contribution in [0.5, 0.6) is 11.5 Å². The van der Waals surface area contributed by atoms with Crippen LogP contribution in [0.1, 0.15) is 30.5 Å². The number of methoxy groups -OCH3 is 1. The van der Waals surface area contributed by atoms with E-state index < -0.39 is 17.7 Å². The van der Waals surface area contributed by atoms with Gasteiger partial charge in [0.25, 0.3) is 5.78 Å². The van der Waals surface area contributed by atoms with E-state index in [0.29, 0.717) is 39.9 Å². The molecule has 1 fully saturated rings. The monoisotopic (exact) mass is 626 g/mol. The molecule has 1 aliphatic rings. The molecule has 1 atom stereocenters. The molecule has 4 aromatic rings. The van der Waals surface area contributed by atoms with E-state index in [-0.39, 0.29) is 11.3 Å². The number of ketones is 1. The number of aliphatic hydroxyl groups is 1. The summed E-state index contributed by atoms with van der Waals surface area (Å²) in [7, 11) is 1.58. The number of thiazole rings is 1. The second-order valence-corrected chi connectivity index (χ2v) is 10.7. The molecule has 1 unspecified atom stereocenters. The predicted molar refractivity (Wildman–Crippen MR) is 152 cm³/mol. The van der Waals surface area contributed by atoms with Gasteiger partial charge in [0.15, 0.2) is 5.13 Å². The smallest absolute Gasteiger partial charge is 0.301 e. The molecule has 9 heteroatoms. The molecule has 1 aromatic heterocycles. The average Bonchev–Trinajstić information content (AvgIpc) is 3.45. The van der Waals surface area contributed by atoms with Gasteiger partial charge in [-0.15, -0.1) is 0 Å². The van der Waals surface area contributed by atoms with E-state index in [1.54, 1.807) is 37.4 Å². The van der Waals surface area contributed by atoms with Crippen molar-refractivity contribution >= 4 is 66.7 Å². The zero-order valence-electron chi connectivity index (χ0n) is 20.1. The number of fused-ring (bicyclic) bond motifs is 1. The van der Waals surface area contributed by atoms with Gasteiger partial charge >= 0.3 is 5.91 Å². The van der Waals surface area contributed by atoms with E-state index in [9.17, 15) is 14.7 Å². The van der Waals surface area contributed by atoms with Gasteiger partial charge in [-0.25, -0.2) is 4.98 Å². The van der Waals surface area contributed by atoms with E-state index >= 15 is 0 Å². The predicted octanol–water partition coefficient (Wildman–Crippen LogP) is 6.32. The normalized spacial score (nSPS) is 16.9. The Morgan fingerprint density at radius 1 is 1.08 bits per heavy atom. The fourth-order valence-corrected chi connectivity index (χ4v) is 5.60. The Bertz CT molecular complexity index is 1530. The minimum Gasteiger partial charge on any atom is -0.507 e. The van der Waals surface area contributed by atoms with Gasteiger partial charge in [-0.3, -0.25) is 14.5 Å². The number of benzene rings is 3. The van der Waals surface area contributed by atoms with Gasteiger partial charge in [-0.1, -0.05) is 42.5 Å². The van der Waals surface area contributed by atoms with Gasteiger partial charge in [0.1, 0.15) is 17.3 Å². The van der Waals surface area contributed by atoms with Gasteiger partial charge in [-0.05, 0) is 77.0 Å². The molecule has 0 spiro atoms. The minimum absolute atomic E-state index is 0.00989. The highest BCUT2D eigenvalue weighted by Crippen LogP contribution is 2.44. The van der Waals surface area contributed by atoms with Gasteiger partial charge in [0.2, 0.25) is 0 Å². The second-order valence-electron chi connectivity index (χ2n) is 8.43. The molecule has 2 heterocycles. The SMILES string of the molecule is CCCOc1cccc(C(O)=C2C(=O)C(=O)N(c3nc4ccc(OC)cc4s3)C2c2ccc(I)cc2)c1. The van der Waals surface area contributed by atoms with Crippen LogP contribution in [0.3, 0.4) is 0 Å². The number of anilines is 1. The van der Waals surface area contributed by atoms with Crippen molar-refractivity contribution < 1.29 is 24.2 Å². The number of aliphatic hydroxyl groups excluding tert-OH is 1. The van der Waals surface area contributed by atoms with Crippen molar-refractivity contribution in [1.82, 2.24) is 4.98 Å². The van der Waals surface area contributed by atoms with Crippen molar-refractivity contribution in [1.29, 1.82) is 0 Å². The fourth-order valence-electron chi connectivity index (χ4n) is 4.22. The van der Waals surface area contributed by atoms with Crippen molar-refractivity contribution in [2.45, 2.75) is 19.4 Å². The van der Waals surface area contributed by atoms with E-state index in [4.69, 9.17) is 9.47 Å². The summed E-state index contributed by atoms with van der Waals surface area (Å²) in [6, 6.07) is 19.0. The molecule has 0 bridgehead atoms. The summed E-state index contributed by atoms with van der Waals surface area (Å²) in [5.41, 5.74) is 1.79. The summed E-state index contributed by atoms with van der Waals surface area (Å²) in [6.45, 7) is 2.53. The molecule has 0 aliphatic carbocycles. The largest absolute Gasteiger partial charge is 0.507 e. The van der Waals surface area contributed by atoms with Gasteiger partial charge < -0.3 is 14.6 Å². The van der Waals surface area contributed by atoms with Gasteiger partial charge in [0, 0.05) is 9.13 Å². The highest BCUT2D eigenvalue weighted by molar-refractivity contribution is 14.1. The lowest BCUT2D eigenvalue weighted by molar-refractivity contribution is -0.132. The van der Waals surface area contributed by atoms with E-state index in [0.717, 1.165) is 14.7 Å². The van der Waals surface area contributed by atoms with E-state index in [1.165, 1.54) is 16.2 Å². The number of ether oxygens (including phenoxy) is 2. The van der Waals surface area contributed by atoms with Crippen molar-refractivity contribution in [3.63, 3.8) is 0 Å². The summed E-state index contributed by atoms with van der Waals surface area (Å²) in [5.74, 6) is -0.517. The van der Waals surface area contributed by atoms with E-state index in [1.807, 2.05) is 43.3 Å². The van der Waals surface area contributed by atoms with Crippen molar-refractivity contribution in [2.24, 2.45) is 0 Å². The fraction of sp³-hybridized carbons (Fsp3) is 0.179. The first kappa shape index (κ1) is 25.2. The highest BCUT2D eigenvalue weighted by atomic mass is 127. The molecule has 1 amide bonds. The molecule has 3 aromatic carbocycles. The molecule has 5 rings (SSSR count). The summed E-state index contributed by atoms with van der Waals surface area (Å²) in [6.07, 6.45) is 0.835. The van der Waals surface area contributed by atoms with Crippen LogP contribution in [0.25, 0.3) is 16.0 Å². The van der Waals surface area contributed by atoms with Crippen LogP contribution in [0, 0.1) is 3.57 Å². The Hall–Kier alpha value is -3.44. The van der Waals surface area contributed by atoms with Crippen molar-refractivity contribution in [3.8, 4) is 11.5 Å². The number of hydrogen-bond acceptors (Lipinski definition) is 7. The molecule has 0 saturated carbocycles. The Morgan fingerprint density at radius 3 is 2.59 bits per heavy atom. The maximum atomic E-state index is 13.5. The van der Waals surface area contributed by atoms with Crippen LogP contribution >= 0.6 is 33.9 Å². The molecule has 188 valence electrons. The Labute approximate surface area is 231 Å². The number of hydrogen-bond donors (Lipinski definition) is 1. The number of rotatable bonds is 7. The number of carbonyl (C=O) groups is 2. The molecular formula is C28H23IN2O5S. The van der Waals surface area contributed by atoms with Crippen LogP contribution < -0.4 is 14.4 Å². The van der Waals surface area contributed by atoms with Crippen LogP contribution in [0.2, 0.25) is 0 Å². The number of nitrogens with zero attached hydrogens (tertiary/aromatic N) is 2. The zero-order chi connectivity index (χ0) is 26.1. The lowest BCUT2D eigenvalue weighted by atomic mass is 9.95. The zero-order valence-corrected chi connectivity index (χ0v) is 23.1. The number of amides is 1. The molecule has 1 N–H and O–H groups in total. The maximum Gasteiger partial charge on any atom is 0.301 e. The third kappa shape index (κ3) is 4.80. The van der Waals surface area contributed by atoms with E-state index in [2.05, 4.69) is 27.6 Å². The molecule has 37 heavy (non-hydrogen) atoms. The standard InChI is InChI=1S/C28H23IN2O5S/c1-3-13-36-20-6-4-5-17(14-20)25(32)23-24(16-7-9-18(29)10-8-16)31(27(34)26(23)33)28-30-21-12-11-19(35-2)15-22(21)37-28/h4-12,14-15,24,32H,3,13H2,1-2H3. The van der Waals surface area contributed by atoms with Gasteiger partial charge in [-0.2, -0.15) is 0 Å². The lowest BCUT2D eigenvalue weighted by Gasteiger charge is -2.23. The number of aromatic nitrogens is 1. The molecule has 7 nitrogen and oxygen atoms in total. The first-order valence-electron chi connectivity index (χ1n) is 11.7. The molecular weight excluding hydrogens is 603 g/mol. The number of carbonyl (C=O) groups excluding carboxylic acids is 2. The number of halogens is 1. The topological polar surface area (TPSA) is 89.0 Å². The summed E-state index contributed by atoms with van der Waals surface area (Å²) >= 11 is 3.49. The quantitative estimate of drug-likeness (QED) is 0.112. The summed E-state index contributed by atoms with van der Waals surface area (Å²) in [5, 5.41) is 11.8. The lowest BCUT2D eigenvalue weighted by Crippen LogP contribution is -2.29. The first-order chi connectivity index (χ1) is 17.9. The Balaban J connectivity index is 1.67. The van der Waals surface area contributed by atoms with Crippen LogP contribution in [0.15, 0.2) is 72.3 Å². The Morgan fingerprint density at radius 2 is 1.86 bits per heavy atom. The summed E-state index contributed by atoms with van der Waals surface area (Å²) in [4.78, 5) is 32.9. The highest BCUT2D eigenvalue weighted by Gasteiger charge is 2.48. The third-order valence-electron chi connectivity index (χ3n) is 6.00. The number of Topliss-reactive ketones (excluding diaryl/α,β-unsaturated/α-hetero) is 1. The minimum atomic E-state index is -0.848. The van der Waals surface area contributed by atoms with Crippen LogP contribution in [0.4, 0.5) is 5.13 Å². The maximum absolute atomic E-state index is 13.5. The second kappa shape index (κ2) is 10.5. The molecule has 0 radical (unpaired) electrons. The van der Waals surface area contributed by atoms with Crippen molar-refractivity contribution in [3.05, 3.63) is 87.0 Å². The van der Waals surface area contributed by atoms with Crippen LogP contribution in [-0.4, -0.2) is 35.5 Å². The molecule has 1 saturated heterocycles. The van der Waals surface area contributed by atoms with Crippen molar-refractivity contribution in [2.75, 3.05) is 18.6 Å². The summed E-state index contributed by atoms with van der Waals surface area (Å²) < 4.78 is 12.9. The third-order valence-corrected chi connectivity index (χ3v) is 7.74. The van der Waals surface area contributed by atoms with Gasteiger partial charge in [0.05, 0.1) is 35.5 Å². The average molecular weight is 626 g/mol. The Kier molecular flexibility index (Phi) is 7.16. The first-order valence-corrected chi connectivity index (χ1v) is 13.5. The molecule has 1 aliphatic heterocycles. The van der Waals surface area contributed by atoms with Crippen LogP contribution in [-0.2, 0) is 9.59 Å².